The number of aryl methyl sites for hydroxylation is 3. The van der Waals surface area contributed by atoms with Crippen LogP contribution in [0.5, 0.6) is 0 Å². The summed E-state index contributed by atoms with van der Waals surface area (Å²) in [5.41, 5.74) is 5.82. The molecule has 1 aromatic heterocycles. The number of hydrogen-bond donors (Lipinski definition) is 0. The molecule has 0 saturated heterocycles. The molecule has 0 aliphatic heterocycles. The van der Waals surface area contributed by atoms with Gasteiger partial charge in [-0.25, -0.2) is 4.98 Å². The van der Waals surface area contributed by atoms with Gasteiger partial charge in [-0.3, -0.25) is 9.36 Å². The third-order valence-corrected chi connectivity index (χ3v) is 3.65. The zero-order valence-corrected chi connectivity index (χ0v) is 11.8. The van der Waals surface area contributed by atoms with Crippen LogP contribution >= 0.6 is 0 Å². The minimum atomic E-state index is -0.0422. The number of nitrogens with zero attached hydrogens (tertiary/aromatic N) is 2. The SMILES string of the molecule is Cc1cccc(C(=O)n2cnc3cc(C)c(C)cc32)c1. The van der Waals surface area contributed by atoms with Crippen molar-refractivity contribution in [3.63, 3.8) is 0 Å². The molecule has 3 nitrogen and oxygen atoms in total. The van der Waals surface area contributed by atoms with E-state index in [0.717, 1.165) is 22.2 Å². The van der Waals surface area contributed by atoms with E-state index in [1.807, 2.05) is 50.2 Å². The molecule has 20 heavy (non-hydrogen) atoms. The summed E-state index contributed by atoms with van der Waals surface area (Å²) in [6.45, 7) is 6.08. The summed E-state index contributed by atoms with van der Waals surface area (Å²) in [4.78, 5) is 16.9. The number of carbonyl (C=O) groups is 1. The topological polar surface area (TPSA) is 34.9 Å². The molecule has 2 aromatic carbocycles. The third kappa shape index (κ3) is 2.01. The molecule has 100 valence electrons. The molecule has 3 aromatic rings. The van der Waals surface area contributed by atoms with Crippen molar-refractivity contribution in [2.45, 2.75) is 20.8 Å². The van der Waals surface area contributed by atoms with E-state index in [2.05, 4.69) is 11.9 Å². The first kappa shape index (κ1) is 12.6. The van der Waals surface area contributed by atoms with Gasteiger partial charge in [-0.1, -0.05) is 17.7 Å². The first-order chi connectivity index (χ1) is 9.56. The van der Waals surface area contributed by atoms with Crippen LogP contribution < -0.4 is 0 Å². The van der Waals surface area contributed by atoms with Crippen LogP contribution in [-0.4, -0.2) is 15.5 Å². The molecule has 0 atom stereocenters. The van der Waals surface area contributed by atoms with Gasteiger partial charge in [0.15, 0.2) is 0 Å². The third-order valence-electron chi connectivity index (χ3n) is 3.65. The van der Waals surface area contributed by atoms with Crippen LogP contribution in [0, 0.1) is 20.8 Å². The lowest BCUT2D eigenvalue weighted by molar-refractivity contribution is 0.0964. The highest BCUT2D eigenvalue weighted by molar-refractivity contribution is 6.01. The monoisotopic (exact) mass is 264 g/mol. The zero-order chi connectivity index (χ0) is 14.3. The Hall–Kier alpha value is -2.42. The van der Waals surface area contributed by atoms with Crippen molar-refractivity contribution >= 4 is 16.9 Å². The van der Waals surface area contributed by atoms with E-state index in [4.69, 9.17) is 0 Å². The van der Waals surface area contributed by atoms with Crippen molar-refractivity contribution < 1.29 is 4.79 Å². The number of benzene rings is 2. The van der Waals surface area contributed by atoms with E-state index in [9.17, 15) is 4.79 Å². The second-order valence-corrected chi connectivity index (χ2v) is 5.21. The number of carbonyl (C=O) groups excluding carboxylic acids is 1. The highest BCUT2D eigenvalue weighted by atomic mass is 16.2. The van der Waals surface area contributed by atoms with Gasteiger partial charge in [0, 0.05) is 5.56 Å². The summed E-state index contributed by atoms with van der Waals surface area (Å²) in [5.74, 6) is -0.0422. The molecule has 3 rings (SSSR count). The number of fused-ring (bicyclic) bond motifs is 1. The predicted octanol–water partition coefficient (Wildman–Crippen LogP) is 3.65. The molecule has 0 aliphatic rings. The minimum absolute atomic E-state index is 0.0422. The normalized spacial score (nSPS) is 10.9. The quantitative estimate of drug-likeness (QED) is 0.672. The van der Waals surface area contributed by atoms with E-state index in [-0.39, 0.29) is 5.91 Å². The Bertz CT molecular complexity index is 815. The van der Waals surface area contributed by atoms with Crippen molar-refractivity contribution in [1.29, 1.82) is 0 Å². The van der Waals surface area contributed by atoms with Crippen molar-refractivity contribution in [3.05, 3.63) is 65.0 Å². The molecule has 0 unspecified atom stereocenters. The van der Waals surface area contributed by atoms with Gasteiger partial charge < -0.3 is 0 Å². The Morgan fingerprint density at radius 2 is 1.80 bits per heavy atom. The van der Waals surface area contributed by atoms with Crippen molar-refractivity contribution in [1.82, 2.24) is 9.55 Å². The maximum Gasteiger partial charge on any atom is 0.263 e. The van der Waals surface area contributed by atoms with Gasteiger partial charge in [-0.05, 0) is 56.2 Å². The number of hydrogen-bond acceptors (Lipinski definition) is 2. The highest BCUT2D eigenvalue weighted by Gasteiger charge is 2.13. The second-order valence-electron chi connectivity index (χ2n) is 5.21. The summed E-state index contributed by atoms with van der Waals surface area (Å²) >= 11 is 0. The smallest absolute Gasteiger partial charge is 0.263 e. The molecular formula is C17H16N2O. The lowest BCUT2D eigenvalue weighted by Crippen LogP contribution is -2.10. The first-order valence-corrected chi connectivity index (χ1v) is 6.62. The second kappa shape index (κ2) is 4.60. The maximum absolute atomic E-state index is 12.6. The number of aromatic nitrogens is 2. The molecule has 0 N–H and O–H groups in total. The van der Waals surface area contributed by atoms with Crippen LogP contribution in [0.1, 0.15) is 27.0 Å². The Labute approximate surface area is 117 Å². The Kier molecular flexibility index (Phi) is 2.90. The summed E-state index contributed by atoms with van der Waals surface area (Å²) in [5, 5.41) is 0. The Morgan fingerprint density at radius 3 is 2.55 bits per heavy atom. The molecular weight excluding hydrogens is 248 g/mol. The van der Waals surface area contributed by atoms with Crippen LogP contribution in [0.25, 0.3) is 11.0 Å². The molecule has 1 heterocycles. The molecule has 0 saturated carbocycles. The number of rotatable bonds is 1. The molecule has 3 heteroatoms. The average molecular weight is 264 g/mol. The summed E-state index contributed by atoms with van der Waals surface area (Å²) < 4.78 is 1.62. The average Bonchev–Trinajstić information content (AvgIpc) is 2.81. The molecule has 0 radical (unpaired) electrons. The van der Waals surface area contributed by atoms with Crippen LogP contribution in [0.2, 0.25) is 0 Å². The Morgan fingerprint density at radius 1 is 1.05 bits per heavy atom. The molecule has 0 fully saturated rings. The van der Waals surface area contributed by atoms with Crippen LogP contribution in [-0.2, 0) is 0 Å². The fraction of sp³-hybridized carbons (Fsp3) is 0.176. The molecule has 0 bridgehead atoms. The predicted molar refractivity (Wildman–Crippen MR) is 80.1 cm³/mol. The number of imidazole rings is 1. The van der Waals surface area contributed by atoms with E-state index in [1.165, 1.54) is 5.56 Å². The fourth-order valence-corrected chi connectivity index (χ4v) is 2.34. The van der Waals surface area contributed by atoms with Gasteiger partial charge >= 0.3 is 0 Å². The standard InChI is InChI=1S/C17H16N2O/c1-11-5-4-6-14(7-11)17(20)19-10-18-15-8-12(2)13(3)9-16(15)19/h4-10H,1-3H3. The molecule has 0 amide bonds. The lowest BCUT2D eigenvalue weighted by atomic mass is 10.1. The van der Waals surface area contributed by atoms with Gasteiger partial charge in [-0.2, -0.15) is 0 Å². The van der Waals surface area contributed by atoms with Gasteiger partial charge in [0.2, 0.25) is 0 Å². The fourth-order valence-electron chi connectivity index (χ4n) is 2.34. The van der Waals surface area contributed by atoms with Gasteiger partial charge in [-0.15, -0.1) is 0 Å². The van der Waals surface area contributed by atoms with E-state index in [1.54, 1.807) is 10.9 Å². The van der Waals surface area contributed by atoms with Crippen LogP contribution in [0.4, 0.5) is 0 Å². The largest absolute Gasteiger partial charge is 0.268 e. The van der Waals surface area contributed by atoms with E-state index in [0.29, 0.717) is 5.56 Å². The van der Waals surface area contributed by atoms with E-state index >= 15 is 0 Å². The first-order valence-electron chi connectivity index (χ1n) is 6.62. The van der Waals surface area contributed by atoms with Crippen molar-refractivity contribution in [3.8, 4) is 0 Å². The van der Waals surface area contributed by atoms with Crippen LogP contribution in [0.15, 0.2) is 42.7 Å². The lowest BCUT2D eigenvalue weighted by Gasteiger charge is -2.05. The molecule has 0 spiro atoms. The molecule has 0 aliphatic carbocycles. The summed E-state index contributed by atoms with van der Waals surface area (Å²) in [6.07, 6.45) is 1.61. The summed E-state index contributed by atoms with van der Waals surface area (Å²) in [7, 11) is 0. The van der Waals surface area contributed by atoms with Gasteiger partial charge in [0.05, 0.1) is 11.0 Å². The highest BCUT2D eigenvalue weighted by Crippen LogP contribution is 2.19. The van der Waals surface area contributed by atoms with Gasteiger partial charge in [0.25, 0.3) is 5.91 Å². The van der Waals surface area contributed by atoms with E-state index < -0.39 is 0 Å². The Balaban J connectivity index is 2.15. The van der Waals surface area contributed by atoms with Crippen LogP contribution in [0.3, 0.4) is 0 Å². The minimum Gasteiger partial charge on any atom is -0.268 e. The van der Waals surface area contributed by atoms with Gasteiger partial charge in [0.1, 0.15) is 6.33 Å². The van der Waals surface area contributed by atoms with Crippen molar-refractivity contribution in [2.75, 3.05) is 0 Å². The summed E-state index contributed by atoms with van der Waals surface area (Å²) in [6, 6.07) is 11.7. The van der Waals surface area contributed by atoms with Crippen molar-refractivity contribution in [2.24, 2.45) is 0 Å². The zero-order valence-electron chi connectivity index (χ0n) is 11.8. The maximum atomic E-state index is 12.6.